The zero-order valence-corrected chi connectivity index (χ0v) is 13.5. The molecular weight excluding hydrogens is 280 g/mol. The van der Waals surface area contributed by atoms with Crippen LogP contribution in [0.1, 0.15) is 30.1 Å². The van der Waals surface area contributed by atoms with E-state index in [1.165, 1.54) is 0 Å². The van der Waals surface area contributed by atoms with Crippen molar-refractivity contribution >= 4 is 17.9 Å². The number of carbonyl (C=O) groups excluding carboxylic acids is 2. The van der Waals surface area contributed by atoms with Gasteiger partial charge in [0, 0.05) is 18.8 Å². The van der Waals surface area contributed by atoms with Crippen LogP contribution in [-0.4, -0.2) is 56.5 Å². The van der Waals surface area contributed by atoms with Crippen LogP contribution in [-0.2, 0) is 9.53 Å². The molecule has 1 fully saturated rings. The zero-order chi connectivity index (χ0) is 16.2. The van der Waals surface area contributed by atoms with Crippen molar-refractivity contribution in [1.29, 1.82) is 0 Å². The Morgan fingerprint density at radius 2 is 1.86 bits per heavy atom. The van der Waals surface area contributed by atoms with Crippen LogP contribution in [0.15, 0.2) is 24.3 Å². The number of nitrogens with zero attached hydrogens (tertiary/aromatic N) is 2. The number of esters is 1. The van der Waals surface area contributed by atoms with Crippen LogP contribution in [0.2, 0.25) is 0 Å². The van der Waals surface area contributed by atoms with Crippen LogP contribution >= 0.6 is 0 Å². The summed E-state index contributed by atoms with van der Waals surface area (Å²) in [6.45, 7) is 3.81. The number of benzene rings is 1. The fourth-order valence-corrected chi connectivity index (χ4v) is 2.48. The second kappa shape index (κ2) is 6.92. The average molecular weight is 304 g/mol. The quantitative estimate of drug-likeness (QED) is 0.543. The van der Waals surface area contributed by atoms with Gasteiger partial charge < -0.3 is 19.3 Å². The van der Waals surface area contributed by atoms with Crippen LogP contribution in [0.3, 0.4) is 0 Å². The molecule has 0 amide bonds. The maximum Gasteiger partial charge on any atom is 0.338 e. The largest absolute Gasteiger partial charge is 0.462 e. The first kappa shape index (κ1) is 16.5. The van der Waals surface area contributed by atoms with Crippen molar-refractivity contribution in [3.63, 3.8) is 0 Å². The highest BCUT2D eigenvalue weighted by molar-refractivity contribution is 5.90. The summed E-state index contributed by atoms with van der Waals surface area (Å²) in [7, 11) is 4.03. The van der Waals surface area contributed by atoms with Crippen molar-refractivity contribution < 1.29 is 14.3 Å². The molecule has 22 heavy (non-hydrogen) atoms. The minimum absolute atomic E-state index is 0.314. The molecular formula is C17H24N2O3. The second-order valence-corrected chi connectivity index (χ2v) is 5.94. The molecule has 0 unspecified atom stereocenters. The number of aldehydes is 1. The highest BCUT2D eigenvalue weighted by Crippen LogP contribution is 2.42. The van der Waals surface area contributed by atoms with Gasteiger partial charge in [0.2, 0.25) is 0 Å². The third kappa shape index (κ3) is 3.65. The van der Waals surface area contributed by atoms with Gasteiger partial charge in [-0.1, -0.05) is 0 Å². The van der Waals surface area contributed by atoms with Crippen LogP contribution in [0.4, 0.5) is 5.69 Å². The molecule has 0 saturated heterocycles. The topological polar surface area (TPSA) is 49.9 Å². The Balaban J connectivity index is 2.17. The Kier molecular flexibility index (Phi) is 5.19. The fraction of sp³-hybridized carbons (Fsp3) is 0.529. The summed E-state index contributed by atoms with van der Waals surface area (Å²) in [5.74, 6) is -0.314. The molecule has 0 N–H and O–H groups in total. The van der Waals surface area contributed by atoms with Gasteiger partial charge in [-0.3, -0.25) is 0 Å². The minimum Gasteiger partial charge on any atom is -0.462 e. The van der Waals surface area contributed by atoms with Crippen molar-refractivity contribution in [1.82, 2.24) is 4.90 Å². The molecule has 1 aliphatic rings. The van der Waals surface area contributed by atoms with E-state index in [2.05, 4.69) is 9.80 Å². The van der Waals surface area contributed by atoms with E-state index in [0.29, 0.717) is 12.2 Å². The molecule has 0 aliphatic heterocycles. The first-order chi connectivity index (χ1) is 10.5. The van der Waals surface area contributed by atoms with Gasteiger partial charge in [0.1, 0.15) is 6.29 Å². The van der Waals surface area contributed by atoms with Gasteiger partial charge in [0.05, 0.1) is 17.7 Å². The lowest BCUT2D eigenvalue weighted by atomic mass is 10.1. The maximum atomic E-state index is 11.7. The van der Waals surface area contributed by atoms with E-state index in [1.54, 1.807) is 19.1 Å². The second-order valence-electron chi connectivity index (χ2n) is 5.94. The predicted molar refractivity (Wildman–Crippen MR) is 86.3 cm³/mol. The first-order valence-electron chi connectivity index (χ1n) is 7.68. The molecule has 0 radical (unpaired) electrons. The SMILES string of the molecule is CCOC(=O)c1ccc(N(CCN(C)C)C2(C=O)CC2)cc1. The van der Waals surface area contributed by atoms with Crippen LogP contribution in [0, 0.1) is 0 Å². The van der Waals surface area contributed by atoms with Crippen molar-refractivity contribution in [2.45, 2.75) is 25.3 Å². The molecule has 5 heteroatoms. The third-order valence-corrected chi connectivity index (χ3v) is 3.98. The summed E-state index contributed by atoms with van der Waals surface area (Å²) in [6, 6.07) is 7.31. The lowest BCUT2D eigenvalue weighted by Gasteiger charge is -2.31. The third-order valence-electron chi connectivity index (χ3n) is 3.98. The number of hydrogen-bond donors (Lipinski definition) is 0. The summed E-state index contributed by atoms with van der Waals surface area (Å²) >= 11 is 0. The highest BCUT2D eigenvalue weighted by Gasteiger charge is 2.48. The monoisotopic (exact) mass is 304 g/mol. The Labute approximate surface area is 131 Å². The van der Waals surface area contributed by atoms with Gasteiger partial charge >= 0.3 is 5.97 Å². The standard InChI is InChI=1S/C17H24N2O3/c1-4-22-16(21)14-5-7-15(8-6-14)19(12-11-18(2)3)17(13-20)9-10-17/h5-8,13H,4,9-12H2,1-3H3. The summed E-state index contributed by atoms with van der Waals surface area (Å²) in [5, 5.41) is 0. The van der Waals surface area contributed by atoms with Gasteiger partial charge in [-0.25, -0.2) is 4.79 Å². The summed E-state index contributed by atoms with van der Waals surface area (Å²) in [6.07, 6.45) is 2.84. The smallest absolute Gasteiger partial charge is 0.338 e. The molecule has 0 heterocycles. The number of anilines is 1. The van der Waals surface area contributed by atoms with Crippen molar-refractivity contribution in [2.24, 2.45) is 0 Å². The number of ether oxygens (including phenoxy) is 1. The average Bonchev–Trinajstić information content (AvgIpc) is 3.29. The molecule has 0 atom stereocenters. The summed E-state index contributed by atoms with van der Waals surface area (Å²) in [4.78, 5) is 27.4. The Hall–Kier alpha value is -1.88. The number of carbonyl (C=O) groups is 2. The molecule has 1 saturated carbocycles. The normalized spacial score (nSPS) is 15.5. The molecule has 120 valence electrons. The number of hydrogen-bond acceptors (Lipinski definition) is 5. The van der Waals surface area contributed by atoms with Gasteiger partial charge in [-0.2, -0.15) is 0 Å². The summed E-state index contributed by atoms with van der Waals surface area (Å²) in [5.41, 5.74) is 1.15. The van der Waals surface area contributed by atoms with Gasteiger partial charge in [-0.05, 0) is 58.1 Å². The Morgan fingerprint density at radius 1 is 1.23 bits per heavy atom. The fourth-order valence-electron chi connectivity index (χ4n) is 2.48. The molecule has 1 aromatic carbocycles. The first-order valence-corrected chi connectivity index (χ1v) is 7.68. The lowest BCUT2D eigenvalue weighted by molar-refractivity contribution is -0.109. The maximum absolute atomic E-state index is 11.7. The molecule has 0 bridgehead atoms. The molecule has 5 nitrogen and oxygen atoms in total. The molecule has 0 aromatic heterocycles. The van der Waals surface area contributed by atoms with Crippen molar-refractivity contribution in [3.05, 3.63) is 29.8 Å². The van der Waals surface area contributed by atoms with Gasteiger partial charge in [0.15, 0.2) is 0 Å². The molecule has 1 aliphatic carbocycles. The summed E-state index contributed by atoms with van der Waals surface area (Å²) < 4.78 is 4.99. The predicted octanol–water partition coefficient (Wildman–Crippen LogP) is 1.96. The molecule has 2 rings (SSSR count). The van der Waals surface area contributed by atoms with Crippen molar-refractivity contribution in [3.8, 4) is 0 Å². The molecule has 0 spiro atoms. The Bertz CT molecular complexity index is 521. The van der Waals surface area contributed by atoms with E-state index < -0.39 is 0 Å². The van der Waals surface area contributed by atoms with E-state index in [9.17, 15) is 9.59 Å². The van der Waals surface area contributed by atoms with Crippen LogP contribution in [0.25, 0.3) is 0 Å². The van der Waals surface area contributed by atoms with Crippen LogP contribution < -0.4 is 4.90 Å². The van der Waals surface area contributed by atoms with Crippen LogP contribution in [0.5, 0.6) is 0 Å². The number of rotatable bonds is 8. The van der Waals surface area contributed by atoms with Gasteiger partial charge in [-0.15, -0.1) is 0 Å². The van der Waals surface area contributed by atoms with E-state index in [-0.39, 0.29) is 11.5 Å². The van der Waals surface area contributed by atoms with E-state index >= 15 is 0 Å². The van der Waals surface area contributed by atoms with Crippen molar-refractivity contribution in [2.75, 3.05) is 38.7 Å². The Morgan fingerprint density at radius 3 is 2.32 bits per heavy atom. The van der Waals surface area contributed by atoms with E-state index in [1.807, 2.05) is 26.2 Å². The number of likely N-dealkylation sites (N-methyl/N-ethyl adjacent to an activating group) is 1. The molecule has 1 aromatic rings. The van der Waals surface area contributed by atoms with E-state index in [0.717, 1.165) is 37.9 Å². The lowest BCUT2D eigenvalue weighted by Crippen LogP contribution is -2.42. The minimum atomic E-state index is -0.360. The highest BCUT2D eigenvalue weighted by atomic mass is 16.5. The zero-order valence-electron chi connectivity index (χ0n) is 13.5. The van der Waals surface area contributed by atoms with Gasteiger partial charge in [0.25, 0.3) is 0 Å². The van der Waals surface area contributed by atoms with E-state index in [4.69, 9.17) is 4.74 Å².